The molecule has 1 aromatic heterocycles. The Morgan fingerprint density at radius 1 is 1.35 bits per heavy atom. The molecule has 2 aliphatic rings. The number of nitrogens with two attached hydrogens (primary N) is 1. The van der Waals surface area contributed by atoms with Gasteiger partial charge in [-0.1, -0.05) is 12.1 Å². The van der Waals surface area contributed by atoms with Crippen LogP contribution in [0.15, 0.2) is 40.7 Å². The van der Waals surface area contributed by atoms with E-state index in [-0.39, 0.29) is 11.9 Å². The maximum Gasteiger partial charge on any atom is 0.231 e. The minimum Gasteiger partial charge on any atom is -0.493 e. The molecule has 2 N–H and O–H groups in total. The molecule has 6 heteroatoms. The minimum atomic E-state index is -0.601. The molecule has 0 radical (unpaired) electrons. The number of carbonyl (C=O) groups excluding carboxylic acids is 1. The third-order valence-electron chi connectivity index (χ3n) is 5.05. The Labute approximate surface area is 157 Å². The lowest BCUT2D eigenvalue weighted by Crippen LogP contribution is -2.47. The van der Waals surface area contributed by atoms with Crippen molar-refractivity contribution in [2.24, 2.45) is 16.6 Å². The lowest BCUT2D eigenvalue weighted by atomic mass is 9.93. The number of guanidine groups is 1. The maximum atomic E-state index is 12.2. The highest BCUT2D eigenvalue weighted by Crippen LogP contribution is 2.39. The number of hydrogen-bond acceptors (Lipinski definition) is 5. The van der Waals surface area contributed by atoms with E-state index in [2.05, 4.69) is 28.6 Å². The predicted molar refractivity (Wildman–Crippen MR) is 104 cm³/mol. The lowest BCUT2D eigenvalue weighted by Gasteiger charge is -2.32. The van der Waals surface area contributed by atoms with Crippen LogP contribution in [-0.2, 0) is 10.3 Å². The zero-order chi connectivity index (χ0) is 18.3. The summed E-state index contributed by atoms with van der Waals surface area (Å²) in [5, 5.41) is 2.11. The fourth-order valence-electron chi connectivity index (χ4n) is 3.08. The Kier molecular flexibility index (Phi) is 4.23. The van der Waals surface area contributed by atoms with Gasteiger partial charge in [0.05, 0.1) is 13.0 Å². The molecule has 0 bridgehead atoms. The second kappa shape index (κ2) is 6.43. The molecular weight excluding hydrogens is 346 g/mol. The molecule has 1 aliphatic heterocycles. The van der Waals surface area contributed by atoms with Crippen LogP contribution in [0.5, 0.6) is 5.75 Å². The summed E-state index contributed by atoms with van der Waals surface area (Å²) in [7, 11) is 1.66. The number of amides is 1. The van der Waals surface area contributed by atoms with Crippen molar-refractivity contribution in [1.29, 1.82) is 0 Å². The first-order valence-electron chi connectivity index (χ1n) is 8.89. The normalized spacial score (nSPS) is 23.1. The van der Waals surface area contributed by atoms with Crippen molar-refractivity contribution in [2.45, 2.75) is 31.7 Å². The third kappa shape index (κ3) is 3.33. The topological polar surface area (TPSA) is 67.9 Å². The van der Waals surface area contributed by atoms with E-state index in [1.807, 2.05) is 19.1 Å². The Balaban J connectivity index is 1.58. The Bertz CT molecular complexity index is 871. The minimum absolute atomic E-state index is 0.00887. The average Bonchev–Trinajstić information content (AvgIpc) is 3.31. The van der Waals surface area contributed by atoms with E-state index in [4.69, 9.17) is 10.5 Å². The second-order valence-corrected chi connectivity index (χ2v) is 8.27. The van der Waals surface area contributed by atoms with E-state index in [1.54, 1.807) is 18.4 Å². The van der Waals surface area contributed by atoms with Crippen LogP contribution in [0, 0.1) is 5.92 Å². The molecular formula is C20H23N3O2S. The monoisotopic (exact) mass is 369 g/mol. The molecule has 26 heavy (non-hydrogen) atoms. The highest BCUT2D eigenvalue weighted by molar-refractivity contribution is 7.10. The van der Waals surface area contributed by atoms with Gasteiger partial charge in [-0.25, -0.2) is 4.99 Å². The Hall–Kier alpha value is -2.34. The highest BCUT2D eigenvalue weighted by atomic mass is 32.1. The zero-order valence-electron chi connectivity index (χ0n) is 15.1. The van der Waals surface area contributed by atoms with Gasteiger partial charge < -0.3 is 10.5 Å². The average molecular weight is 369 g/mol. The van der Waals surface area contributed by atoms with Crippen molar-refractivity contribution < 1.29 is 9.53 Å². The van der Waals surface area contributed by atoms with Crippen molar-refractivity contribution >= 4 is 23.2 Å². The van der Waals surface area contributed by atoms with Crippen LogP contribution >= 0.6 is 11.3 Å². The van der Waals surface area contributed by atoms with Gasteiger partial charge in [0.2, 0.25) is 5.91 Å². The van der Waals surface area contributed by atoms with Gasteiger partial charge in [-0.2, -0.15) is 0 Å². The molecule has 1 atom stereocenters. The van der Waals surface area contributed by atoms with E-state index in [0.29, 0.717) is 6.42 Å². The lowest BCUT2D eigenvalue weighted by molar-refractivity contribution is -0.128. The van der Waals surface area contributed by atoms with Crippen LogP contribution in [-0.4, -0.2) is 30.4 Å². The first-order valence-corrected chi connectivity index (χ1v) is 9.77. The van der Waals surface area contributed by atoms with Gasteiger partial charge in [0.15, 0.2) is 5.96 Å². The zero-order valence-corrected chi connectivity index (χ0v) is 15.9. The van der Waals surface area contributed by atoms with Crippen molar-refractivity contribution in [2.75, 3.05) is 13.7 Å². The van der Waals surface area contributed by atoms with Crippen LogP contribution in [0.1, 0.15) is 31.1 Å². The van der Waals surface area contributed by atoms with Crippen molar-refractivity contribution in [3.8, 4) is 16.9 Å². The van der Waals surface area contributed by atoms with E-state index >= 15 is 0 Å². The number of ether oxygens (including phenoxy) is 1. The second-order valence-electron chi connectivity index (χ2n) is 7.36. The molecule has 1 saturated carbocycles. The third-order valence-corrected chi connectivity index (χ3v) is 6.24. The number of thiophene rings is 1. The summed E-state index contributed by atoms with van der Waals surface area (Å²) in [4.78, 5) is 19.2. The van der Waals surface area contributed by atoms with Crippen molar-refractivity contribution in [3.63, 3.8) is 0 Å². The van der Waals surface area contributed by atoms with E-state index in [1.165, 1.54) is 17.7 Å². The fourth-order valence-corrected chi connectivity index (χ4v) is 4.11. The molecule has 1 fully saturated rings. The predicted octanol–water partition coefficient (Wildman–Crippen LogP) is 3.60. The summed E-state index contributed by atoms with van der Waals surface area (Å²) < 4.78 is 5.89. The van der Waals surface area contributed by atoms with Gasteiger partial charge in [-0.15, -0.1) is 11.3 Å². The van der Waals surface area contributed by atoms with Gasteiger partial charge in [-0.05, 0) is 60.4 Å². The van der Waals surface area contributed by atoms with E-state index in [0.717, 1.165) is 34.3 Å². The maximum absolute atomic E-state index is 12.2. The summed E-state index contributed by atoms with van der Waals surface area (Å²) in [6, 6.07) is 10.3. The smallest absolute Gasteiger partial charge is 0.231 e. The number of rotatable bonds is 5. The first kappa shape index (κ1) is 17.1. The number of aliphatic imine (C=N–C) groups is 1. The highest BCUT2D eigenvalue weighted by Gasteiger charge is 2.37. The van der Waals surface area contributed by atoms with Gasteiger partial charge in [0, 0.05) is 11.9 Å². The molecule has 2 heterocycles. The molecule has 1 aromatic carbocycles. The van der Waals surface area contributed by atoms with E-state index < -0.39 is 5.54 Å². The molecule has 136 valence electrons. The summed E-state index contributed by atoms with van der Waals surface area (Å²) in [6.07, 6.45) is 2.89. The summed E-state index contributed by atoms with van der Waals surface area (Å²) in [5.74, 6) is 1.90. The first-order chi connectivity index (χ1) is 12.4. The van der Waals surface area contributed by atoms with Crippen LogP contribution in [0.2, 0.25) is 0 Å². The Morgan fingerprint density at radius 3 is 2.88 bits per heavy atom. The van der Waals surface area contributed by atoms with Gasteiger partial charge in [0.25, 0.3) is 0 Å². The standard InChI is InChI=1S/C20H23N3O2S/c1-20(10-18(24)23(2)19(21)22-20)17-9-15(12-26-17)14-4-3-5-16(8-14)25-11-13-6-7-13/h3-5,8-9,12-13H,6-7,10-11H2,1-2H3,(H2,21,22)/t20-/m0/s1. The summed E-state index contributed by atoms with van der Waals surface area (Å²) in [6.45, 7) is 2.77. The van der Waals surface area contributed by atoms with Gasteiger partial charge in [0.1, 0.15) is 11.3 Å². The summed E-state index contributed by atoms with van der Waals surface area (Å²) >= 11 is 1.61. The number of carbonyl (C=O) groups is 1. The van der Waals surface area contributed by atoms with Crippen LogP contribution < -0.4 is 10.5 Å². The van der Waals surface area contributed by atoms with Gasteiger partial charge in [-0.3, -0.25) is 9.69 Å². The molecule has 1 amide bonds. The molecule has 1 aliphatic carbocycles. The molecule has 0 spiro atoms. The quantitative estimate of drug-likeness (QED) is 0.876. The molecule has 0 unspecified atom stereocenters. The van der Waals surface area contributed by atoms with Crippen LogP contribution in [0.25, 0.3) is 11.1 Å². The van der Waals surface area contributed by atoms with Crippen molar-refractivity contribution in [1.82, 2.24) is 4.90 Å². The largest absolute Gasteiger partial charge is 0.493 e. The van der Waals surface area contributed by atoms with E-state index in [9.17, 15) is 4.79 Å². The Morgan fingerprint density at radius 2 is 2.15 bits per heavy atom. The van der Waals surface area contributed by atoms with Gasteiger partial charge >= 0.3 is 0 Å². The van der Waals surface area contributed by atoms with Crippen molar-refractivity contribution in [3.05, 3.63) is 40.6 Å². The number of benzene rings is 1. The summed E-state index contributed by atoms with van der Waals surface area (Å²) in [5.41, 5.74) is 7.55. The molecule has 4 rings (SSSR count). The SMILES string of the molecule is CN1C(=O)C[C@@](C)(c2cc(-c3cccc(OCC4CC4)c3)cs2)N=C1N. The van der Waals surface area contributed by atoms with Crippen LogP contribution in [0.3, 0.4) is 0 Å². The fraction of sp³-hybridized carbons (Fsp3) is 0.400. The molecule has 0 saturated heterocycles. The number of hydrogen-bond donors (Lipinski definition) is 1. The number of nitrogens with zero attached hydrogens (tertiary/aromatic N) is 2. The van der Waals surface area contributed by atoms with Crippen LogP contribution in [0.4, 0.5) is 0 Å². The molecule has 5 nitrogen and oxygen atoms in total. The molecule has 2 aromatic rings.